The first-order valence-corrected chi connectivity index (χ1v) is 9.12. The van der Waals surface area contributed by atoms with Crippen LogP contribution in [0.1, 0.15) is 17.5 Å². The van der Waals surface area contributed by atoms with Gasteiger partial charge < -0.3 is 19.5 Å². The molecule has 1 unspecified atom stereocenters. The number of fused-ring (bicyclic) bond motifs is 1. The van der Waals surface area contributed by atoms with Gasteiger partial charge in [0.2, 0.25) is 0 Å². The summed E-state index contributed by atoms with van der Waals surface area (Å²) in [5, 5.41) is 3.65. The summed E-state index contributed by atoms with van der Waals surface area (Å²) in [6, 6.07) is 14.4. The number of nitrogens with one attached hydrogen (secondary N) is 1. The van der Waals surface area contributed by atoms with Gasteiger partial charge in [0.25, 0.3) is 5.91 Å². The van der Waals surface area contributed by atoms with E-state index in [-0.39, 0.29) is 23.8 Å². The zero-order chi connectivity index (χ0) is 19.7. The molecule has 0 saturated carbocycles. The number of hydrogen-bond donors (Lipinski definition) is 1. The van der Waals surface area contributed by atoms with Crippen LogP contribution in [0, 0.1) is 5.82 Å². The molecule has 4 rings (SSSR count). The number of piperazine rings is 1. The minimum absolute atomic E-state index is 0.164. The Balaban J connectivity index is 1.40. The molecule has 28 heavy (non-hydrogen) atoms. The first-order chi connectivity index (χ1) is 13.5. The highest BCUT2D eigenvalue weighted by Crippen LogP contribution is 2.22. The van der Waals surface area contributed by atoms with Gasteiger partial charge in [-0.15, -0.1) is 0 Å². The van der Waals surface area contributed by atoms with Crippen molar-refractivity contribution in [2.75, 3.05) is 25.0 Å². The normalized spacial score (nSPS) is 17.0. The average molecular weight is 381 g/mol. The van der Waals surface area contributed by atoms with E-state index in [1.165, 1.54) is 24.3 Å². The van der Waals surface area contributed by atoms with Crippen molar-refractivity contribution in [1.82, 2.24) is 9.80 Å². The van der Waals surface area contributed by atoms with Crippen LogP contribution < -0.4 is 5.32 Å². The molecule has 0 radical (unpaired) electrons. The van der Waals surface area contributed by atoms with E-state index in [4.69, 9.17) is 4.42 Å². The maximum absolute atomic E-state index is 13.0. The lowest BCUT2D eigenvalue weighted by Gasteiger charge is -2.39. The summed E-state index contributed by atoms with van der Waals surface area (Å²) in [7, 11) is 0. The molecular formula is C21H20FN3O3. The molecule has 0 spiro atoms. The number of urea groups is 1. The second-order valence-electron chi connectivity index (χ2n) is 6.88. The van der Waals surface area contributed by atoms with Crippen molar-refractivity contribution < 1.29 is 18.4 Å². The van der Waals surface area contributed by atoms with Crippen molar-refractivity contribution in [3.63, 3.8) is 0 Å². The molecular weight excluding hydrogens is 361 g/mol. The molecule has 2 aromatic carbocycles. The van der Waals surface area contributed by atoms with E-state index in [0.717, 1.165) is 5.39 Å². The smallest absolute Gasteiger partial charge is 0.322 e. The fraction of sp³-hybridized carbons (Fsp3) is 0.238. The van der Waals surface area contributed by atoms with Gasteiger partial charge in [0, 0.05) is 36.7 Å². The summed E-state index contributed by atoms with van der Waals surface area (Å²) in [4.78, 5) is 28.7. The number of halogens is 1. The van der Waals surface area contributed by atoms with Crippen LogP contribution in [0.3, 0.4) is 0 Å². The number of nitrogens with zero attached hydrogens (tertiary/aromatic N) is 2. The number of hydrogen-bond acceptors (Lipinski definition) is 3. The first-order valence-electron chi connectivity index (χ1n) is 9.12. The Morgan fingerprint density at radius 1 is 1.11 bits per heavy atom. The Labute approximate surface area is 161 Å². The fourth-order valence-electron chi connectivity index (χ4n) is 3.42. The quantitative estimate of drug-likeness (QED) is 0.731. The summed E-state index contributed by atoms with van der Waals surface area (Å²) in [6.07, 6.45) is 0. The number of carbonyl (C=O) groups is 2. The topological polar surface area (TPSA) is 65.8 Å². The number of carbonyl (C=O) groups excluding carboxylic acids is 2. The second-order valence-corrected chi connectivity index (χ2v) is 6.88. The van der Waals surface area contributed by atoms with Crippen molar-refractivity contribution in [1.29, 1.82) is 0 Å². The zero-order valence-corrected chi connectivity index (χ0v) is 15.4. The van der Waals surface area contributed by atoms with Gasteiger partial charge in [-0.3, -0.25) is 4.79 Å². The summed E-state index contributed by atoms with van der Waals surface area (Å²) in [5.41, 5.74) is 1.20. The molecule has 0 aliphatic carbocycles. The molecule has 1 atom stereocenters. The number of rotatable bonds is 2. The van der Waals surface area contributed by atoms with Gasteiger partial charge in [-0.1, -0.05) is 18.2 Å². The molecule has 3 aromatic rings. The lowest BCUT2D eigenvalue weighted by Crippen LogP contribution is -2.56. The Morgan fingerprint density at radius 2 is 1.86 bits per heavy atom. The molecule has 1 aromatic heterocycles. The maximum Gasteiger partial charge on any atom is 0.322 e. The van der Waals surface area contributed by atoms with E-state index < -0.39 is 0 Å². The third kappa shape index (κ3) is 3.55. The summed E-state index contributed by atoms with van der Waals surface area (Å²) in [5.74, 6) is -0.233. The monoisotopic (exact) mass is 381 g/mol. The lowest BCUT2D eigenvalue weighted by molar-refractivity contribution is 0.0565. The predicted octanol–water partition coefficient (Wildman–Crippen LogP) is 3.95. The number of para-hydroxylation sites is 1. The Bertz CT molecular complexity index is 982. The van der Waals surface area contributed by atoms with E-state index in [2.05, 4.69) is 5.32 Å². The van der Waals surface area contributed by atoms with E-state index in [1.807, 2.05) is 31.2 Å². The molecule has 0 bridgehead atoms. The van der Waals surface area contributed by atoms with Gasteiger partial charge in [-0.05, 0) is 43.3 Å². The van der Waals surface area contributed by atoms with Crippen molar-refractivity contribution >= 4 is 28.6 Å². The number of anilines is 1. The van der Waals surface area contributed by atoms with Gasteiger partial charge in [-0.2, -0.15) is 0 Å². The van der Waals surface area contributed by atoms with E-state index in [1.54, 1.807) is 15.9 Å². The molecule has 144 valence electrons. The van der Waals surface area contributed by atoms with E-state index in [0.29, 0.717) is 36.7 Å². The number of amides is 3. The lowest BCUT2D eigenvalue weighted by atomic mass is 10.2. The van der Waals surface area contributed by atoms with Crippen LogP contribution in [0.4, 0.5) is 14.9 Å². The molecule has 6 nitrogen and oxygen atoms in total. The predicted molar refractivity (Wildman–Crippen MR) is 104 cm³/mol. The van der Waals surface area contributed by atoms with E-state index in [9.17, 15) is 14.0 Å². The van der Waals surface area contributed by atoms with Gasteiger partial charge in [0.15, 0.2) is 5.76 Å². The third-order valence-electron chi connectivity index (χ3n) is 4.91. The zero-order valence-electron chi connectivity index (χ0n) is 15.4. The molecule has 3 amide bonds. The van der Waals surface area contributed by atoms with Crippen molar-refractivity contribution in [2.45, 2.75) is 13.0 Å². The highest BCUT2D eigenvalue weighted by atomic mass is 19.1. The minimum Gasteiger partial charge on any atom is -0.451 e. The van der Waals surface area contributed by atoms with Crippen LogP contribution in [0.5, 0.6) is 0 Å². The number of furan rings is 1. The Morgan fingerprint density at radius 3 is 2.57 bits per heavy atom. The molecule has 1 saturated heterocycles. The molecule has 1 fully saturated rings. The first kappa shape index (κ1) is 18.0. The van der Waals surface area contributed by atoms with Gasteiger partial charge in [-0.25, -0.2) is 9.18 Å². The largest absolute Gasteiger partial charge is 0.451 e. The van der Waals surface area contributed by atoms with E-state index >= 15 is 0 Å². The van der Waals surface area contributed by atoms with Crippen molar-refractivity contribution in [3.8, 4) is 0 Å². The highest BCUT2D eigenvalue weighted by Gasteiger charge is 2.31. The number of benzene rings is 2. The maximum atomic E-state index is 13.0. The Kier molecular flexibility index (Phi) is 4.73. The van der Waals surface area contributed by atoms with Crippen LogP contribution in [-0.4, -0.2) is 47.4 Å². The van der Waals surface area contributed by atoms with Crippen molar-refractivity contribution in [3.05, 3.63) is 66.2 Å². The standard InChI is InChI=1S/C21H20FN3O3/c1-14-13-24(20(26)19-12-15-4-2-3-5-18(15)28-19)10-11-25(14)21(27)23-17-8-6-16(22)7-9-17/h2-9,12,14H,10-11,13H2,1H3,(H,23,27). The molecule has 2 heterocycles. The van der Waals surface area contributed by atoms with Crippen LogP contribution in [0.25, 0.3) is 11.0 Å². The summed E-state index contributed by atoms with van der Waals surface area (Å²) >= 11 is 0. The van der Waals surface area contributed by atoms with Crippen molar-refractivity contribution in [2.24, 2.45) is 0 Å². The van der Waals surface area contributed by atoms with Gasteiger partial charge in [0.05, 0.1) is 0 Å². The minimum atomic E-state index is -0.357. The average Bonchev–Trinajstić information content (AvgIpc) is 3.13. The van der Waals surface area contributed by atoms with Crippen LogP contribution in [0.15, 0.2) is 59.0 Å². The molecule has 1 aliphatic rings. The van der Waals surface area contributed by atoms with Crippen LogP contribution >= 0.6 is 0 Å². The van der Waals surface area contributed by atoms with Crippen LogP contribution in [0.2, 0.25) is 0 Å². The van der Waals surface area contributed by atoms with Crippen LogP contribution in [-0.2, 0) is 0 Å². The summed E-state index contributed by atoms with van der Waals surface area (Å²) < 4.78 is 18.7. The van der Waals surface area contributed by atoms with Gasteiger partial charge >= 0.3 is 6.03 Å². The second kappa shape index (κ2) is 7.34. The third-order valence-corrected chi connectivity index (χ3v) is 4.91. The SMILES string of the molecule is CC1CN(C(=O)c2cc3ccccc3o2)CCN1C(=O)Nc1ccc(F)cc1. The van der Waals surface area contributed by atoms with Gasteiger partial charge in [0.1, 0.15) is 11.4 Å². The summed E-state index contributed by atoms with van der Waals surface area (Å²) in [6.45, 7) is 3.12. The highest BCUT2D eigenvalue weighted by molar-refractivity contribution is 5.96. The fourth-order valence-corrected chi connectivity index (χ4v) is 3.42. The Hall–Kier alpha value is -3.35. The molecule has 1 aliphatic heterocycles. The molecule has 1 N–H and O–H groups in total. The molecule has 7 heteroatoms.